The van der Waals surface area contributed by atoms with E-state index in [2.05, 4.69) is 14.6 Å². The summed E-state index contributed by atoms with van der Waals surface area (Å²) in [5.74, 6) is -0.518. The van der Waals surface area contributed by atoms with E-state index in [1.54, 1.807) is 11.0 Å². The Balaban J connectivity index is 1.64. The molecule has 4 N–H and O–H groups in total. The largest absolute Gasteiger partial charge is 0.369 e. The molecule has 0 bridgehead atoms. The summed E-state index contributed by atoms with van der Waals surface area (Å²) in [7, 11) is -1.98. The SMILES string of the molecule is CN1CCN(C(=O)C2(NS(=O)(=O)c3ccc4c(N(Cl)C(=N)N)cncc4c3)CCCC2)CC1. The number of piperazine rings is 1. The molecule has 33 heavy (non-hydrogen) atoms. The van der Waals surface area contributed by atoms with Crippen molar-refractivity contribution in [1.82, 2.24) is 19.5 Å². The maximum absolute atomic E-state index is 13.5. The zero-order chi connectivity index (χ0) is 23.8. The third-order valence-electron chi connectivity index (χ3n) is 6.43. The molecule has 1 saturated heterocycles. The zero-order valence-corrected chi connectivity index (χ0v) is 20.0. The van der Waals surface area contributed by atoms with Crippen LogP contribution in [-0.4, -0.2) is 73.8 Å². The lowest BCUT2D eigenvalue weighted by Crippen LogP contribution is -2.60. The van der Waals surface area contributed by atoms with Crippen LogP contribution in [0.3, 0.4) is 0 Å². The quantitative estimate of drug-likeness (QED) is 0.326. The zero-order valence-electron chi connectivity index (χ0n) is 18.4. The number of hydrogen-bond acceptors (Lipinski definition) is 6. The number of aromatic nitrogens is 1. The number of nitrogens with zero attached hydrogens (tertiary/aromatic N) is 4. The number of carbonyl (C=O) groups excluding carboxylic acids is 1. The van der Waals surface area contributed by atoms with Gasteiger partial charge in [0.15, 0.2) is 0 Å². The number of guanidine groups is 1. The van der Waals surface area contributed by atoms with Gasteiger partial charge in [-0.25, -0.2) is 12.8 Å². The summed E-state index contributed by atoms with van der Waals surface area (Å²) in [6, 6.07) is 4.55. The molecule has 0 spiro atoms. The first-order valence-electron chi connectivity index (χ1n) is 10.8. The maximum atomic E-state index is 13.5. The minimum atomic E-state index is -3.99. The van der Waals surface area contributed by atoms with Crippen LogP contribution in [0, 0.1) is 5.41 Å². The number of pyridine rings is 1. The highest BCUT2D eigenvalue weighted by molar-refractivity contribution is 7.89. The van der Waals surface area contributed by atoms with Gasteiger partial charge in [-0.15, -0.1) is 0 Å². The van der Waals surface area contributed by atoms with Crippen LogP contribution in [0.1, 0.15) is 25.7 Å². The van der Waals surface area contributed by atoms with Crippen molar-refractivity contribution in [3.05, 3.63) is 30.6 Å². The molecule has 0 atom stereocenters. The monoisotopic (exact) mass is 493 g/mol. The lowest BCUT2D eigenvalue weighted by atomic mass is 9.96. The predicted molar refractivity (Wildman–Crippen MR) is 128 cm³/mol. The van der Waals surface area contributed by atoms with Gasteiger partial charge in [0.25, 0.3) is 0 Å². The van der Waals surface area contributed by atoms with Gasteiger partial charge in [-0.2, -0.15) is 4.72 Å². The summed E-state index contributed by atoms with van der Waals surface area (Å²) in [5.41, 5.74) is 4.72. The van der Waals surface area contributed by atoms with Crippen LogP contribution in [-0.2, 0) is 14.8 Å². The summed E-state index contributed by atoms with van der Waals surface area (Å²) < 4.78 is 30.5. The molecule has 1 aromatic carbocycles. The fourth-order valence-corrected chi connectivity index (χ4v) is 6.15. The third-order valence-corrected chi connectivity index (χ3v) is 8.33. The van der Waals surface area contributed by atoms with E-state index >= 15 is 0 Å². The smallest absolute Gasteiger partial charge is 0.243 e. The minimum absolute atomic E-state index is 0.0374. The molecule has 4 rings (SSSR count). The van der Waals surface area contributed by atoms with Crippen LogP contribution in [0.5, 0.6) is 0 Å². The Labute approximate surface area is 198 Å². The van der Waals surface area contributed by atoms with E-state index in [1.165, 1.54) is 24.5 Å². The van der Waals surface area contributed by atoms with Crippen LogP contribution in [0.15, 0.2) is 35.5 Å². The van der Waals surface area contributed by atoms with E-state index in [4.69, 9.17) is 22.9 Å². The number of rotatable bonds is 5. The number of anilines is 1. The van der Waals surface area contributed by atoms with E-state index in [0.29, 0.717) is 42.4 Å². The van der Waals surface area contributed by atoms with Gasteiger partial charge in [-0.3, -0.25) is 15.2 Å². The summed E-state index contributed by atoms with van der Waals surface area (Å²) in [6.07, 6.45) is 5.52. The highest BCUT2D eigenvalue weighted by Crippen LogP contribution is 2.34. The normalized spacial score (nSPS) is 19.0. The van der Waals surface area contributed by atoms with E-state index < -0.39 is 15.6 Å². The van der Waals surface area contributed by atoms with Gasteiger partial charge in [0.05, 0.1) is 16.8 Å². The first-order valence-corrected chi connectivity index (χ1v) is 12.6. The second kappa shape index (κ2) is 9.05. The summed E-state index contributed by atoms with van der Waals surface area (Å²) in [6.45, 7) is 2.72. The molecule has 2 aliphatic rings. The number of hydrogen-bond donors (Lipinski definition) is 3. The fourth-order valence-electron chi connectivity index (χ4n) is 4.56. The molecule has 1 saturated carbocycles. The molecule has 2 aromatic rings. The number of sulfonamides is 1. The number of fused-ring (bicyclic) bond motifs is 1. The van der Waals surface area contributed by atoms with Gasteiger partial charge in [-0.1, -0.05) is 18.9 Å². The highest BCUT2D eigenvalue weighted by atomic mass is 35.5. The number of carbonyl (C=O) groups is 1. The van der Waals surface area contributed by atoms with Gasteiger partial charge in [0.2, 0.25) is 21.9 Å². The lowest BCUT2D eigenvalue weighted by molar-refractivity contribution is -0.139. The topological polar surface area (TPSA) is 136 Å². The number of benzene rings is 1. The van der Waals surface area contributed by atoms with Crippen molar-refractivity contribution >= 4 is 50.1 Å². The van der Waals surface area contributed by atoms with Gasteiger partial charge < -0.3 is 15.5 Å². The summed E-state index contributed by atoms with van der Waals surface area (Å²) in [4.78, 5) is 21.5. The number of nitrogens with one attached hydrogen (secondary N) is 2. The summed E-state index contributed by atoms with van der Waals surface area (Å²) >= 11 is 6.07. The molecule has 0 radical (unpaired) electrons. The molecule has 1 amide bonds. The van der Waals surface area contributed by atoms with Crippen molar-refractivity contribution in [2.45, 2.75) is 36.1 Å². The van der Waals surface area contributed by atoms with Crippen LogP contribution in [0.4, 0.5) is 5.69 Å². The predicted octanol–water partition coefficient (Wildman–Crippen LogP) is 1.45. The van der Waals surface area contributed by atoms with Crippen molar-refractivity contribution in [1.29, 1.82) is 5.41 Å². The molecular weight excluding hydrogens is 466 g/mol. The van der Waals surface area contributed by atoms with Crippen molar-refractivity contribution < 1.29 is 13.2 Å². The first-order chi connectivity index (χ1) is 15.6. The average molecular weight is 494 g/mol. The van der Waals surface area contributed by atoms with Gasteiger partial charge in [0, 0.05) is 54.9 Å². The molecule has 0 unspecified atom stereocenters. The Hall–Kier alpha value is -2.47. The molecule has 12 heteroatoms. The molecule has 2 heterocycles. The Morgan fingerprint density at radius 1 is 1.21 bits per heavy atom. The number of likely N-dealkylation sites (N-methyl/N-ethyl adjacent to an activating group) is 1. The molecule has 2 fully saturated rings. The second-order valence-corrected chi connectivity index (χ2v) is 10.7. The Bertz CT molecular complexity index is 1180. The molecule has 1 aliphatic carbocycles. The van der Waals surface area contributed by atoms with Gasteiger partial charge >= 0.3 is 0 Å². The number of nitrogens with two attached hydrogens (primary N) is 1. The maximum Gasteiger partial charge on any atom is 0.243 e. The van der Waals surface area contributed by atoms with E-state index in [-0.39, 0.29) is 16.8 Å². The fraction of sp³-hybridized carbons (Fsp3) is 0.476. The van der Waals surface area contributed by atoms with Crippen LogP contribution in [0.25, 0.3) is 10.8 Å². The van der Waals surface area contributed by atoms with Gasteiger partial charge in [-0.05, 0) is 32.0 Å². The molecular formula is C21H28ClN7O3S. The van der Waals surface area contributed by atoms with E-state index in [0.717, 1.165) is 30.4 Å². The molecule has 1 aliphatic heterocycles. The van der Waals surface area contributed by atoms with Crippen LogP contribution in [0.2, 0.25) is 0 Å². The standard InChI is InChI=1S/C21H28ClN7O3S/c1-27-8-10-28(11-9-27)19(30)21(6-2-3-7-21)26-33(31,32)16-4-5-17-15(12-16)13-25-14-18(17)29(22)20(23)24/h4-5,12-14,26H,2-3,6-11H2,1H3,(H3,23,24). The van der Waals surface area contributed by atoms with Crippen LogP contribution >= 0.6 is 11.8 Å². The van der Waals surface area contributed by atoms with Crippen molar-refractivity contribution in [2.75, 3.05) is 37.6 Å². The molecule has 178 valence electrons. The third kappa shape index (κ3) is 4.63. The lowest BCUT2D eigenvalue weighted by Gasteiger charge is -2.39. The average Bonchev–Trinajstić information content (AvgIpc) is 3.26. The Morgan fingerprint density at radius 3 is 2.52 bits per heavy atom. The van der Waals surface area contributed by atoms with Crippen molar-refractivity contribution in [3.8, 4) is 0 Å². The van der Waals surface area contributed by atoms with E-state index in [9.17, 15) is 13.2 Å². The van der Waals surface area contributed by atoms with Crippen LogP contribution < -0.4 is 14.9 Å². The number of halogens is 1. The number of amides is 1. The molecule has 10 nitrogen and oxygen atoms in total. The van der Waals surface area contributed by atoms with E-state index in [1.807, 2.05) is 7.05 Å². The molecule has 1 aromatic heterocycles. The van der Waals surface area contributed by atoms with Crippen molar-refractivity contribution in [2.24, 2.45) is 5.73 Å². The summed E-state index contributed by atoms with van der Waals surface area (Å²) in [5, 5.41) is 8.65. The minimum Gasteiger partial charge on any atom is -0.369 e. The van der Waals surface area contributed by atoms with Gasteiger partial charge in [0.1, 0.15) is 5.54 Å². The second-order valence-electron chi connectivity index (χ2n) is 8.70. The Kier molecular flexibility index (Phi) is 6.50. The first kappa shape index (κ1) is 23.7. The Morgan fingerprint density at radius 2 is 1.88 bits per heavy atom. The van der Waals surface area contributed by atoms with Crippen molar-refractivity contribution in [3.63, 3.8) is 0 Å². The highest BCUT2D eigenvalue weighted by Gasteiger charge is 2.47.